The van der Waals surface area contributed by atoms with Crippen LogP contribution in [0.25, 0.3) is 0 Å². The quantitative estimate of drug-likeness (QED) is 0.689. The van der Waals surface area contributed by atoms with Crippen molar-refractivity contribution in [3.63, 3.8) is 0 Å². The first-order chi connectivity index (χ1) is 7.49. The number of nitrogens with zero attached hydrogens (tertiary/aromatic N) is 1. The molecule has 0 radical (unpaired) electrons. The number of aromatic amines is 1. The van der Waals surface area contributed by atoms with Crippen LogP contribution in [0.1, 0.15) is 26.3 Å². The summed E-state index contributed by atoms with van der Waals surface area (Å²) in [5.41, 5.74) is -0.169. The maximum absolute atomic E-state index is 11.2. The molecule has 3 N–H and O–H groups in total. The van der Waals surface area contributed by atoms with Crippen LogP contribution in [0, 0.1) is 5.92 Å². The number of carbonyl (C=O) groups is 1. The summed E-state index contributed by atoms with van der Waals surface area (Å²) in [6.45, 7) is 3.86. The third-order valence-electron chi connectivity index (χ3n) is 3.21. The van der Waals surface area contributed by atoms with Gasteiger partial charge in [-0.25, -0.2) is 0 Å². The molecule has 0 unspecified atom stereocenters. The van der Waals surface area contributed by atoms with Gasteiger partial charge < -0.3 is 10.4 Å². The lowest BCUT2D eigenvalue weighted by atomic mass is 9.89. The number of anilines is 1. The van der Waals surface area contributed by atoms with Gasteiger partial charge in [0.25, 0.3) is 5.56 Å². The van der Waals surface area contributed by atoms with E-state index in [1.165, 1.54) is 6.07 Å². The standard InChI is InChI=1S/C10H15N3O3/c1-5-7(3-10(15)16)6(2)13-8(11-5)4-9(14)12-13/h4-7,11H,3H2,1-2H3,(H,12,14)(H,15,16)/t5-,6+,7+/m0/s1. The van der Waals surface area contributed by atoms with Crippen LogP contribution >= 0.6 is 0 Å². The largest absolute Gasteiger partial charge is 0.481 e. The fraction of sp³-hybridized carbons (Fsp3) is 0.600. The van der Waals surface area contributed by atoms with Crippen molar-refractivity contribution in [2.24, 2.45) is 5.92 Å². The Bertz CT molecular complexity index is 462. The van der Waals surface area contributed by atoms with Gasteiger partial charge in [-0.3, -0.25) is 19.4 Å². The van der Waals surface area contributed by atoms with E-state index in [0.717, 1.165) is 5.82 Å². The average Bonchev–Trinajstić information content (AvgIpc) is 2.53. The van der Waals surface area contributed by atoms with E-state index in [1.807, 2.05) is 13.8 Å². The summed E-state index contributed by atoms with van der Waals surface area (Å²) >= 11 is 0. The van der Waals surface area contributed by atoms with E-state index in [1.54, 1.807) is 4.68 Å². The number of fused-ring (bicyclic) bond motifs is 1. The highest BCUT2D eigenvalue weighted by atomic mass is 16.4. The number of carboxylic acid groups (broad SMARTS) is 1. The molecule has 0 spiro atoms. The zero-order chi connectivity index (χ0) is 11.9. The van der Waals surface area contributed by atoms with E-state index >= 15 is 0 Å². The van der Waals surface area contributed by atoms with Crippen LogP contribution in [0.15, 0.2) is 10.9 Å². The number of hydrogen-bond donors (Lipinski definition) is 3. The molecule has 0 bridgehead atoms. The van der Waals surface area contributed by atoms with Crippen molar-refractivity contribution < 1.29 is 9.90 Å². The molecule has 16 heavy (non-hydrogen) atoms. The molecular formula is C10H15N3O3. The van der Waals surface area contributed by atoms with Gasteiger partial charge in [-0.2, -0.15) is 0 Å². The molecule has 6 heteroatoms. The fourth-order valence-corrected chi connectivity index (χ4v) is 2.34. The van der Waals surface area contributed by atoms with Crippen molar-refractivity contribution in [1.29, 1.82) is 0 Å². The first-order valence-electron chi connectivity index (χ1n) is 5.29. The summed E-state index contributed by atoms with van der Waals surface area (Å²) in [7, 11) is 0. The first kappa shape index (κ1) is 10.8. The van der Waals surface area contributed by atoms with Gasteiger partial charge in [0.2, 0.25) is 0 Å². The van der Waals surface area contributed by atoms with Gasteiger partial charge in [-0.15, -0.1) is 0 Å². The zero-order valence-electron chi connectivity index (χ0n) is 9.23. The highest BCUT2D eigenvalue weighted by Gasteiger charge is 2.33. The summed E-state index contributed by atoms with van der Waals surface area (Å²) in [6.07, 6.45) is 0.0922. The summed E-state index contributed by atoms with van der Waals surface area (Å²) in [6, 6.07) is 1.51. The molecule has 0 saturated heterocycles. The van der Waals surface area contributed by atoms with Gasteiger partial charge in [0.05, 0.1) is 12.5 Å². The molecule has 1 aromatic heterocycles. The molecule has 0 amide bonds. The van der Waals surface area contributed by atoms with Crippen LogP contribution in [0.5, 0.6) is 0 Å². The number of carboxylic acids is 1. The minimum atomic E-state index is -0.816. The molecular weight excluding hydrogens is 210 g/mol. The van der Waals surface area contributed by atoms with Gasteiger partial charge in [0.1, 0.15) is 5.82 Å². The average molecular weight is 225 g/mol. The van der Waals surface area contributed by atoms with Crippen LogP contribution < -0.4 is 10.9 Å². The second-order valence-electron chi connectivity index (χ2n) is 4.31. The minimum absolute atomic E-state index is 0.0231. The van der Waals surface area contributed by atoms with Crippen LogP contribution in [0.3, 0.4) is 0 Å². The lowest BCUT2D eigenvalue weighted by molar-refractivity contribution is -0.138. The van der Waals surface area contributed by atoms with Crippen molar-refractivity contribution in [3.8, 4) is 0 Å². The van der Waals surface area contributed by atoms with Gasteiger partial charge in [0.15, 0.2) is 0 Å². The Balaban J connectivity index is 2.33. The Morgan fingerprint density at radius 2 is 2.25 bits per heavy atom. The molecule has 0 saturated carbocycles. The zero-order valence-corrected chi connectivity index (χ0v) is 9.23. The van der Waals surface area contributed by atoms with E-state index < -0.39 is 5.97 Å². The number of aromatic nitrogens is 2. The minimum Gasteiger partial charge on any atom is -0.481 e. The third kappa shape index (κ3) is 1.70. The summed E-state index contributed by atoms with van der Waals surface area (Å²) in [4.78, 5) is 22.0. The van der Waals surface area contributed by atoms with Gasteiger partial charge in [-0.05, 0) is 13.8 Å². The topological polar surface area (TPSA) is 87.1 Å². The smallest absolute Gasteiger partial charge is 0.303 e. The van der Waals surface area contributed by atoms with E-state index in [2.05, 4.69) is 10.4 Å². The lowest BCUT2D eigenvalue weighted by Crippen LogP contribution is -2.39. The van der Waals surface area contributed by atoms with E-state index in [0.29, 0.717) is 0 Å². The van der Waals surface area contributed by atoms with E-state index in [-0.39, 0.29) is 30.0 Å². The Morgan fingerprint density at radius 3 is 2.88 bits per heavy atom. The van der Waals surface area contributed by atoms with Crippen LogP contribution in [0.2, 0.25) is 0 Å². The number of nitrogens with one attached hydrogen (secondary N) is 2. The third-order valence-corrected chi connectivity index (χ3v) is 3.21. The summed E-state index contributed by atoms with van der Waals surface area (Å²) < 4.78 is 1.70. The van der Waals surface area contributed by atoms with Crippen molar-refractivity contribution >= 4 is 11.8 Å². The van der Waals surface area contributed by atoms with Crippen molar-refractivity contribution in [2.75, 3.05) is 5.32 Å². The van der Waals surface area contributed by atoms with Crippen LogP contribution in [-0.2, 0) is 4.79 Å². The van der Waals surface area contributed by atoms with Crippen LogP contribution in [-0.4, -0.2) is 26.9 Å². The Hall–Kier alpha value is -1.72. The summed E-state index contributed by atoms with van der Waals surface area (Å²) in [5, 5.41) is 14.7. The molecule has 88 valence electrons. The lowest BCUT2D eigenvalue weighted by Gasteiger charge is -2.36. The highest BCUT2D eigenvalue weighted by Crippen LogP contribution is 2.32. The second kappa shape index (κ2) is 3.70. The maximum atomic E-state index is 11.2. The molecule has 6 nitrogen and oxygen atoms in total. The maximum Gasteiger partial charge on any atom is 0.303 e. The molecule has 1 aliphatic rings. The molecule has 0 aliphatic carbocycles. The number of aliphatic carboxylic acids is 1. The molecule has 0 fully saturated rings. The van der Waals surface area contributed by atoms with Gasteiger partial charge >= 0.3 is 5.97 Å². The Morgan fingerprint density at radius 1 is 1.56 bits per heavy atom. The highest BCUT2D eigenvalue weighted by molar-refractivity contribution is 5.67. The fourth-order valence-electron chi connectivity index (χ4n) is 2.34. The Kier molecular flexibility index (Phi) is 2.49. The molecule has 2 heterocycles. The van der Waals surface area contributed by atoms with Gasteiger partial charge in [0, 0.05) is 18.0 Å². The number of rotatable bonds is 2. The van der Waals surface area contributed by atoms with E-state index in [9.17, 15) is 9.59 Å². The van der Waals surface area contributed by atoms with Crippen molar-refractivity contribution in [2.45, 2.75) is 32.4 Å². The normalized spacial score (nSPS) is 28.2. The monoisotopic (exact) mass is 225 g/mol. The van der Waals surface area contributed by atoms with Crippen LogP contribution in [0.4, 0.5) is 5.82 Å². The summed E-state index contributed by atoms with van der Waals surface area (Å²) in [5.74, 6) is -0.122. The van der Waals surface area contributed by atoms with Crippen molar-refractivity contribution in [1.82, 2.24) is 9.78 Å². The number of H-pyrrole nitrogens is 1. The molecule has 0 aromatic carbocycles. The molecule has 3 atom stereocenters. The predicted octanol–water partition coefficient (Wildman–Crippen LogP) is 0.642. The molecule has 1 aliphatic heterocycles. The molecule has 1 aromatic rings. The van der Waals surface area contributed by atoms with Crippen molar-refractivity contribution in [3.05, 3.63) is 16.4 Å². The predicted molar refractivity (Wildman–Crippen MR) is 58.6 cm³/mol. The first-order valence-corrected chi connectivity index (χ1v) is 5.29. The van der Waals surface area contributed by atoms with Gasteiger partial charge in [-0.1, -0.05) is 0 Å². The van der Waals surface area contributed by atoms with E-state index in [4.69, 9.17) is 5.11 Å². The SMILES string of the molecule is C[C@@H]1Nc2cc(=O)[nH]n2[C@H](C)[C@@H]1CC(=O)O. The second-order valence-corrected chi connectivity index (χ2v) is 4.31. The Labute approximate surface area is 92.3 Å². The number of hydrogen-bond acceptors (Lipinski definition) is 3. The molecule has 2 rings (SSSR count).